The number of allylic oxidation sites excluding steroid dienone is 6. The quantitative estimate of drug-likeness (QED) is 0.0333. The van der Waals surface area contributed by atoms with Crippen LogP contribution in [0.25, 0.3) is 0 Å². The molecule has 0 aromatic rings. The summed E-state index contributed by atoms with van der Waals surface area (Å²) in [5.41, 5.74) is 0. The molecule has 4 amide bonds. The maximum atomic E-state index is 12.1. The summed E-state index contributed by atoms with van der Waals surface area (Å²) < 4.78 is 0. The van der Waals surface area contributed by atoms with E-state index in [2.05, 4.69) is 38.5 Å². The smallest absolute Gasteiger partial charge is 0.246 e. The van der Waals surface area contributed by atoms with Gasteiger partial charge in [-0.05, 0) is 142 Å². The molecule has 0 fully saturated rings. The van der Waals surface area contributed by atoms with Crippen LogP contribution in [0.15, 0.2) is 98.7 Å². The van der Waals surface area contributed by atoms with Crippen molar-refractivity contribution in [3.63, 3.8) is 0 Å². The molecule has 72 heavy (non-hydrogen) atoms. The Hall–Kier alpha value is -6.22. The third-order valence-electron chi connectivity index (χ3n) is 9.58. The van der Waals surface area contributed by atoms with E-state index in [1.165, 1.54) is 141 Å². The summed E-state index contributed by atoms with van der Waals surface area (Å²) in [6.45, 7) is 35.7. The Kier molecular flexibility index (Phi) is 50.0. The van der Waals surface area contributed by atoms with E-state index in [4.69, 9.17) is 0 Å². The molecule has 0 heterocycles. The SMILES string of the molecule is C=CCN(CCCC)CCCC.C=CCN(CCCCN(CC=C)C(=O)/C=C/C(C)=O)C(=O)/C=C/C(C)=O.CC(=O)/C=C/C(C)=O.CCCN(CCCCN(CCC)C(=O)/C=C/C(C)=O)C(=O)/C=C/C(C)=O. The fraction of sp³-hybridized carbons (Fsp3) is 0.544. The summed E-state index contributed by atoms with van der Waals surface area (Å²) in [6, 6.07) is 0. The predicted octanol–water partition coefficient (Wildman–Crippen LogP) is 8.42. The molecule has 0 aliphatic carbocycles. The van der Waals surface area contributed by atoms with Gasteiger partial charge in [-0.15, -0.1) is 19.7 Å². The van der Waals surface area contributed by atoms with Gasteiger partial charge < -0.3 is 19.6 Å². The average Bonchev–Trinajstić information content (AvgIpc) is 3.32. The van der Waals surface area contributed by atoms with Crippen molar-refractivity contribution in [2.45, 2.75) is 133 Å². The van der Waals surface area contributed by atoms with Crippen molar-refractivity contribution in [2.75, 3.05) is 72.0 Å². The summed E-state index contributed by atoms with van der Waals surface area (Å²) in [6.07, 6.45) is 27.8. The first-order valence-electron chi connectivity index (χ1n) is 25.2. The standard InChI is InChI=1S/C20H32N2O4.C20H28N2O4.C11H23N.C6H8O2/c2*1-5-13-21(19(25)11-9-17(3)23)15-7-8-16-22(14-6-2)20(26)12-10-18(4)24;1-4-7-10-12(9-6-3)11-8-5-2;1-5(7)3-4-6(2)8/h9-12H,5-8,13-16H2,1-4H3;5-6,9-12H,1-2,7-8,13-16H2,3-4H3;6H,3-5,7-11H2,1-2H3;3-4H,1-2H3/b2*11-9+,12-10+;;4-3+. The molecule has 0 aromatic heterocycles. The van der Waals surface area contributed by atoms with Crippen LogP contribution in [-0.4, -0.2) is 155 Å². The van der Waals surface area contributed by atoms with Crippen LogP contribution in [0.1, 0.15) is 133 Å². The first-order valence-corrected chi connectivity index (χ1v) is 25.2. The zero-order chi connectivity index (χ0) is 55.7. The number of unbranched alkanes of at least 4 members (excludes halogenated alkanes) is 4. The van der Waals surface area contributed by atoms with E-state index < -0.39 is 0 Å². The highest BCUT2D eigenvalue weighted by Crippen LogP contribution is 2.05. The Morgan fingerprint density at radius 2 is 0.528 bits per heavy atom. The molecule has 0 unspecified atom stereocenters. The Balaban J connectivity index is -0.000000469. The molecular weight excluding hydrogens is 915 g/mol. The zero-order valence-electron chi connectivity index (χ0n) is 45.8. The molecule has 0 aromatic carbocycles. The monoisotopic (exact) mass is 1010 g/mol. The van der Waals surface area contributed by atoms with Gasteiger partial charge in [-0.2, -0.15) is 0 Å². The van der Waals surface area contributed by atoms with Crippen LogP contribution in [0.3, 0.4) is 0 Å². The maximum absolute atomic E-state index is 12.1. The third-order valence-corrected chi connectivity index (χ3v) is 9.58. The van der Waals surface area contributed by atoms with Gasteiger partial charge in [-0.1, -0.05) is 58.8 Å². The molecule has 0 bridgehead atoms. The van der Waals surface area contributed by atoms with Gasteiger partial charge in [-0.25, -0.2) is 0 Å². The van der Waals surface area contributed by atoms with Gasteiger partial charge in [0.15, 0.2) is 34.7 Å². The molecule has 0 radical (unpaired) electrons. The second-order valence-corrected chi connectivity index (χ2v) is 16.8. The van der Waals surface area contributed by atoms with Gasteiger partial charge in [-0.3, -0.25) is 52.8 Å². The van der Waals surface area contributed by atoms with Crippen molar-refractivity contribution < 1.29 is 47.9 Å². The van der Waals surface area contributed by atoms with Crippen molar-refractivity contribution in [3.05, 3.63) is 98.7 Å². The largest absolute Gasteiger partial charge is 0.339 e. The van der Waals surface area contributed by atoms with E-state index in [-0.39, 0.29) is 58.3 Å². The summed E-state index contributed by atoms with van der Waals surface area (Å²) in [5, 5.41) is 0. The minimum atomic E-state index is -0.247. The van der Waals surface area contributed by atoms with Gasteiger partial charge in [0.2, 0.25) is 23.6 Å². The molecule has 15 heteroatoms. The fourth-order valence-electron chi connectivity index (χ4n) is 5.96. The maximum Gasteiger partial charge on any atom is 0.246 e. The molecule has 0 atom stereocenters. The van der Waals surface area contributed by atoms with Crippen molar-refractivity contribution in [3.8, 4) is 0 Å². The van der Waals surface area contributed by atoms with Gasteiger partial charge in [0, 0.05) is 83.2 Å². The predicted molar refractivity (Wildman–Crippen MR) is 292 cm³/mol. The lowest BCUT2D eigenvalue weighted by Gasteiger charge is -2.23. The lowest BCUT2D eigenvalue weighted by atomic mass is 10.2. The highest BCUT2D eigenvalue weighted by Gasteiger charge is 2.14. The summed E-state index contributed by atoms with van der Waals surface area (Å²) in [5.74, 6) is -1.68. The molecule has 0 rings (SSSR count). The lowest BCUT2D eigenvalue weighted by Crippen LogP contribution is -2.34. The highest BCUT2D eigenvalue weighted by molar-refractivity contribution is 5.99. The van der Waals surface area contributed by atoms with E-state index in [0.717, 1.165) is 32.2 Å². The molecule has 0 aliphatic heterocycles. The van der Waals surface area contributed by atoms with Crippen molar-refractivity contribution in [2.24, 2.45) is 0 Å². The molecule has 15 nitrogen and oxygen atoms in total. The molecular formula is C57H91N5O10. The van der Waals surface area contributed by atoms with Crippen LogP contribution >= 0.6 is 0 Å². The van der Waals surface area contributed by atoms with Crippen LogP contribution in [0.4, 0.5) is 0 Å². The lowest BCUT2D eigenvalue weighted by molar-refractivity contribution is -0.127. The van der Waals surface area contributed by atoms with E-state index in [1.807, 2.05) is 19.9 Å². The number of amides is 4. The second kappa shape index (κ2) is 49.7. The van der Waals surface area contributed by atoms with Gasteiger partial charge in [0.25, 0.3) is 0 Å². The zero-order valence-corrected chi connectivity index (χ0v) is 45.8. The first kappa shape index (κ1) is 72.3. The summed E-state index contributed by atoms with van der Waals surface area (Å²) in [7, 11) is 0. The van der Waals surface area contributed by atoms with Crippen LogP contribution in [-0.2, 0) is 47.9 Å². The molecule has 0 N–H and O–H groups in total. The third kappa shape index (κ3) is 48.8. The fourth-order valence-corrected chi connectivity index (χ4v) is 5.96. The Morgan fingerprint density at radius 1 is 0.292 bits per heavy atom. The minimum Gasteiger partial charge on any atom is -0.339 e. The number of carbonyl (C=O) groups is 10. The second-order valence-electron chi connectivity index (χ2n) is 16.8. The summed E-state index contributed by atoms with van der Waals surface area (Å²) in [4.78, 5) is 121. The van der Waals surface area contributed by atoms with E-state index >= 15 is 0 Å². The summed E-state index contributed by atoms with van der Waals surface area (Å²) >= 11 is 0. The number of hydrogen-bond donors (Lipinski definition) is 0. The molecule has 0 spiro atoms. The van der Waals surface area contributed by atoms with E-state index in [1.54, 1.807) is 31.8 Å². The normalized spacial score (nSPS) is 10.7. The van der Waals surface area contributed by atoms with Gasteiger partial charge >= 0.3 is 0 Å². The number of ketones is 6. The van der Waals surface area contributed by atoms with E-state index in [0.29, 0.717) is 65.2 Å². The van der Waals surface area contributed by atoms with Crippen LogP contribution < -0.4 is 0 Å². The minimum absolute atomic E-state index is 0.0970. The Bertz CT molecular complexity index is 1700. The molecule has 0 aliphatic rings. The highest BCUT2D eigenvalue weighted by atomic mass is 16.2. The average molecular weight is 1010 g/mol. The molecule has 0 saturated heterocycles. The van der Waals surface area contributed by atoms with Crippen LogP contribution in [0.2, 0.25) is 0 Å². The van der Waals surface area contributed by atoms with Gasteiger partial charge in [0.1, 0.15) is 0 Å². The van der Waals surface area contributed by atoms with Crippen molar-refractivity contribution in [1.82, 2.24) is 24.5 Å². The number of nitrogens with zero attached hydrogens (tertiary/aromatic N) is 5. The van der Waals surface area contributed by atoms with Crippen molar-refractivity contribution in [1.29, 1.82) is 0 Å². The molecule has 404 valence electrons. The topological polar surface area (TPSA) is 187 Å². The van der Waals surface area contributed by atoms with E-state index in [9.17, 15) is 47.9 Å². The van der Waals surface area contributed by atoms with Crippen LogP contribution in [0, 0.1) is 0 Å². The number of rotatable bonds is 36. The van der Waals surface area contributed by atoms with Crippen molar-refractivity contribution >= 4 is 58.3 Å². The number of hydrogen-bond acceptors (Lipinski definition) is 11. The number of carbonyl (C=O) groups excluding carboxylic acids is 10. The van der Waals surface area contributed by atoms with Crippen LogP contribution in [0.5, 0.6) is 0 Å². The Labute approximate surface area is 433 Å². The van der Waals surface area contributed by atoms with Gasteiger partial charge in [0.05, 0.1) is 0 Å². The first-order chi connectivity index (χ1) is 34.1. The Morgan fingerprint density at radius 3 is 0.750 bits per heavy atom. The molecule has 0 saturated carbocycles.